The molecular weight excluding hydrogens is 140 g/mol. The van der Waals surface area contributed by atoms with E-state index in [9.17, 15) is 0 Å². The number of nitriles is 1. The van der Waals surface area contributed by atoms with Crippen molar-refractivity contribution in [2.75, 3.05) is 0 Å². The van der Waals surface area contributed by atoms with Gasteiger partial charge in [0.15, 0.2) is 0 Å². The third-order valence-corrected chi connectivity index (χ3v) is 2.09. The van der Waals surface area contributed by atoms with Crippen LogP contribution in [-0.2, 0) is 0 Å². The normalized spacial score (nSPS) is 30.1. The molecule has 0 saturated heterocycles. The minimum absolute atomic E-state index is 0.143. The van der Waals surface area contributed by atoms with Gasteiger partial charge in [-0.1, -0.05) is 5.11 Å². The molecule has 11 heavy (non-hydrogen) atoms. The van der Waals surface area contributed by atoms with Crippen LogP contribution in [0.4, 0.5) is 0 Å². The van der Waals surface area contributed by atoms with Gasteiger partial charge in [-0.05, 0) is 31.2 Å². The Balaban J connectivity index is 2.37. The van der Waals surface area contributed by atoms with Crippen molar-refractivity contribution >= 4 is 0 Å². The zero-order chi connectivity index (χ0) is 8.10. The highest BCUT2D eigenvalue weighted by molar-refractivity contribution is 4.88. The van der Waals surface area contributed by atoms with Gasteiger partial charge < -0.3 is 0 Å². The van der Waals surface area contributed by atoms with Crippen LogP contribution in [0.2, 0.25) is 0 Å². The zero-order valence-corrected chi connectivity index (χ0v) is 6.27. The molecule has 0 amide bonds. The highest BCUT2D eigenvalue weighted by atomic mass is 15.1. The van der Waals surface area contributed by atoms with E-state index in [0.717, 1.165) is 25.7 Å². The molecular formula is C7H10N4. The maximum absolute atomic E-state index is 8.55. The summed E-state index contributed by atoms with van der Waals surface area (Å²) in [5.41, 5.74) is 8.13. The molecule has 1 fully saturated rings. The molecule has 0 aromatic carbocycles. The number of azide groups is 1. The molecule has 4 heteroatoms. The standard InChI is InChI=1S/C7H10N4/c8-5-6-1-3-7(4-2-6)10-11-9/h6-7H,1-4H2. The fraction of sp³-hybridized carbons (Fsp3) is 0.857. The number of nitrogens with zero attached hydrogens (tertiary/aromatic N) is 4. The van der Waals surface area contributed by atoms with E-state index in [2.05, 4.69) is 16.1 Å². The fourth-order valence-corrected chi connectivity index (χ4v) is 1.39. The number of hydrogen-bond donors (Lipinski definition) is 0. The van der Waals surface area contributed by atoms with Crippen molar-refractivity contribution in [3.8, 4) is 6.07 Å². The first-order chi connectivity index (χ1) is 5.36. The van der Waals surface area contributed by atoms with E-state index in [4.69, 9.17) is 10.8 Å². The minimum Gasteiger partial charge on any atom is -0.198 e. The molecule has 0 spiro atoms. The molecule has 0 aromatic rings. The highest BCUT2D eigenvalue weighted by Gasteiger charge is 2.19. The maximum atomic E-state index is 8.55. The van der Waals surface area contributed by atoms with Crippen LogP contribution in [0.15, 0.2) is 5.11 Å². The van der Waals surface area contributed by atoms with Crippen LogP contribution < -0.4 is 0 Å². The van der Waals surface area contributed by atoms with Crippen molar-refractivity contribution in [1.82, 2.24) is 0 Å². The molecule has 0 atom stereocenters. The molecule has 1 rings (SSSR count). The van der Waals surface area contributed by atoms with E-state index in [1.807, 2.05) is 0 Å². The Morgan fingerprint density at radius 1 is 1.36 bits per heavy atom. The SMILES string of the molecule is N#CC1CCC(N=[N+]=[N-])CC1. The third-order valence-electron chi connectivity index (χ3n) is 2.09. The smallest absolute Gasteiger partial charge is 0.0655 e. The van der Waals surface area contributed by atoms with Crippen LogP contribution in [0.25, 0.3) is 10.4 Å². The van der Waals surface area contributed by atoms with Gasteiger partial charge in [-0.15, -0.1) is 0 Å². The number of rotatable bonds is 1. The first-order valence-electron chi connectivity index (χ1n) is 3.80. The van der Waals surface area contributed by atoms with E-state index in [0.29, 0.717) is 0 Å². The lowest BCUT2D eigenvalue weighted by Gasteiger charge is -2.20. The van der Waals surface area contributed by atoms with Gasteiger partial charge >= 0.3 is 0 Å². The minimum atomic E-state index is 0.143. The van der Waals surface area contributed by atoms with Crippen LogP contribution in [0.3, 0.4) is 0 Å². The largest absolute Gasteiger partial charge is 0.198 e. The van der Waals surface area contributed by atoms with Crippen molar-refractivity contribution in [3.63, 3.8) is 0 Å². The van der Waals surface area contributed by atoms with Crippen molar-refractivity contribution in [3.05, 3.63) is 10.4 Å². The molecule has 0 unspecified atom stereocenters. The summed E-state index contributed by atoms with van der Waals surface area (Å²) in [6, 6.07) is 2.37. The predicted molar refractivity (Wildman–Crippen MR) is 40.5 cm³/mol. The summed E-state index contributed by atoms with van der Waals surface area (Å²) < 4.78 is 0. The highest BCUT2D eigenvalue weighted by Crippen LogP contribution is 2.25. The lowest BCUT2D eigenvalue weighted by atomic mass is 9.87. The summed E-state index contributed by atoms with van der Waals surface area (Å²) in [5.74, 6) is 0.195. The van der Waals surface area contributed by atoms with Gasteiger partial charge in [-0.2, -0.15) is 5.26 Å². The predicted octanol–water partition coefficient (Wildman–Crippen LogP) is 2.38. The van der Waals surface area contributed by atoms with E-state index in [1.165, 1.54) is 0 Å². The zero-order valence-electron chi connectivity index (χ0n) is 6.27. The van der Waals surface area contributed by atoms with Crippen LogP contribution in [0.1, 0.15) is 25.7 Å². The molecule has 4 nitrogen and oxygen atoms in total. The van der Waals surface area contributed by atoms with E-state index in [-0.39, 0.29) is 12.0 Å². The van der Waals surface area contributed by atoms with Gasteiger partial charge in [-0.25, -0.2) is 0 Å². The second kappa shape index (κ2) is 3.85. The van der Waals surface area contributed by atoms with Gasteiger partial charge in [0.05, 0.1) is 6.07 Å². The van der Waals surface area contributed by atoms with Crippen molar-refractivity contribution in [2.45, 2.75) is 31.7 Å². The first-order valence-corrected chi connectivity index (χ1v) is 3.80. The van der Waals surface area contributed by atoms with E-state index in [1.54, 1.807) is 0 Å². The van der Waals surface area contributed by atoms with Crippen LogP contribution >= 0.6 is 0 Å². The molecule has 0 radical (unpaired) electrons. The van der Waals surface area contributed by atoms with Crippen LogP contribution in [0.5, 0.6) is 0 Å². The summed E-state index contributed by atoms with van der Waals surface area (Å²) in [7, 11) is 0. The summed E-state index contributed by atoms with van der Waals surface area (Å²) >= 11 is 0. The third kappa shape index (κ3) is 2.14. The Bertz CT molecular complexity index is 203. The summed E-state index contributed by atoms with van der Waals surface area (Å²) in [6.45, 7) is 0. The maximum Gasteiger partial charge on any atom is 0.0655 e. The van der Waals surface area contributed by atoms with E-state index < -0.39 is 0 Å². The Morgan fingerprint density at radius 2 is 2.00 bits per heavy atom. The Morgan fingerprint density at radius 3 is 2.45 bits per heavy atom. The van der Waals surface area contributed by atoms with Gasteiger partial charge in [0.25, 0.3) is 0 Å². The Labute approximate surface area is 65.4 Å². The van der Waals surface area contributed by atoms with Gasteiger partial charge in [0.1, 0.15) is 0 Å². The molecule has 0 aliphatic heterocycles. The Kier molecular flexibility index (Phi) is 2.76. The second-order valence-corrected chi connectivity index (χ2v) is 2.84. The van der Waals surface area contributed by atoms with Gasteiger partial charge in [0, 0.05) is 16.9 Å². The van der Waals surface area contributed by atoms with Gasteiger partial charge in [-0.3, -0.25) is 0 Å². The van der Waals surface area contributed by atoms with Crippen molar-refractivity contribution in [2.24, 2.45) is 11.0 Å². The second-order valence-electron chi connectivity index (χ2n) is 2.84. The lowest BCUT2D eigenvalue weighted by molar-refractivity contribution is 0.381. The molecule has 1 aliphatic carbocycles. The summed E-state index contributed by atoms with van der Waals surface area (Å²) in [4.78, 5) is 2.75. The molecule has 0 bridgehead atoms. The average Bonchev–Trinajstić information content (AvgIpc) is 2.07. The monoisotopic (exact) mass is 150 g/mol. The van der Waals surface area contributed by atoms with Crippen LogP contribution in [-0.4, -0.2) is 6.04 Å². The average molecular weight is 150 g/mol. The molecule has 1 saturated carbocycles. The van der Waals surface area contributed by atoms with Crippen molar-refractivity contribution in [1.29, 1.82) is 5.26 Å². The molecule has 0 N–H and O–H groups in total. The van der Waals surface area contributed by atoms with Crippen molar-refractivity contribution < 1.29 is 0 Å². The van der Waals surface area contributed by atoms with Gasteiger partial charge in [0.2, 0.25) is 0 Å². The number of hydrogen-bond acceptors (Lipinski definition) is 2. The molecule has 58 valence electrons. The van der Waals surface area contributed by atoms with Crippen LogP contribution in [0, 0.1) is 17.2 Å². The quantitative estimate of drug-likeness (QED) is 0.321. The topological polar surface area (TPSA) is 72.5 Å². The summed E-state index contributed by atoms with van der Waals surface area (Å²) in [6.07, 6.45) is 3.53. The lowest BCUT2D eigenvalue weighted by Crippen LogP contribution is -2.15. The molecule has 0 heterocycles. The van der Waals surface area contributed by atoms with E-state index >= 15 is 0 Å². The molecule has 1 aliphatic rings. The first kappa shape index (κ1) is 7.90. The summed E-state index contributed by atoms with van der Waals surface area (Å²) in [5, 5.41) is 12.2. The Hall–Kier alpha value is -1.20. The molecule has 0 aromatic heterocycles. The fourth-order valence-electron chi connectivity index (χ4n) is 1.39.